The molecule has 1 atom stereocenters. The van der Waals surface area contributed by atoms with Crippen LogP contribution in [-0.2, 0) is 10.2 Å². The summed E-state index contributed by atoms with van der Waals surface area (Å²) in [5.41, 5.74) is 2.07. The van der Waals surface area contributed by atoms with Gasteiger partial charge in [0.1, 0.15) is 28.6 Å². The van der Waals surface area contributed by atoms with Gasteiger partial charge in [-0.1, -0.05) is 19.9 Å². The SMILES string of the molecule is CCC1(CC)C(C)=Nc2c(F)cc(-c3nc(Nc4ccc(C5CNCCN5C(=O)OC(C)(C)C)cn4)ncc3F)cc21. The Morgan fingerprint density at radius 2 is 1.90 bits per heavy atom. The highest BCUT2D eigenvalue weighted by Crippen LogP contribution is 2.47. The van der Waals surface area contributed by atoms with E-state index in [4.69, 9.17) is 4.74 Å². The second-order valence-electron chi connectivity index (χ2n) is 11.7. The van der Waals surface area contributed by atoms with Crippen LogP contribution in [0.5, 0.6) is 0 Å². The van der Waals surface area contributed by atoms with E-state index in [0.717, 1.165) is 35.9 Å². The van der Waals surface area contributed by atoms with Gasteiger partial charge in [-0.05, 0) is 69.9 Å². The molecule has 2 aliphatic heterocycles. The molecule has 0 radical (unpaired) electrons. The molecule has 2 aromatic heterocycles. The quantitative estimate of drug-likeness (QED) is 0.340. The van der Waals surface area contributed by atoms with Gasteiger partial charge in [0.05, 0.1) is 12.2 Å². The third-order valence-corrected chi connectivity index (χ3v) is 8.06. The van der Waals surface area contributed by atoms with E-state index in [0.29, 0.717) is 36.7 Å². The van der Waals surface area contributed by atoms with Crippen LogP contribution in [0, 0.1) is 11.6 Å². The highest BCUT2D eigenvalue weighted by molar-refractivity contribution is 6.00. The number of piperazine rings is 1. The first-order valence-electron chi connectivity index (χ1n) is 14.3. The number of hydrogen-bond acceptors (Lipinski definition) is 8. The first kappa shape index (κ1) is 29.5. The number of anilines is 2. The Hall–Kier alpha value is -3.99. The topological polar surface area (TPSA) is 105 Å². The number of nitrogens with zero attached hydrogens (tertiary/aromatic N) is 5. The number of aliphatic imine (C=N–C) groups is 1. The number of hydrogen-bond donors (Lipinski definition) is 2. The number of aromatic nitrogens is 3. The van der Waals surface area contributed by atoms with Gasteiger partial charge in [0.2, 0.25) is 5.95 Å². The Bertz CT molecular complexity index is 1510. The van der Waals surface area contributed by atoms with E-state index in [1.165, 1.54) is 6.07 Å². The maximum Gasteiger partial charge on any atom is 0.410 e. The number of carbonyl (C=O) groups excluding carboxylic acids is 1. The number of halogens is 2. The van der Waals surface area contributed by atoms with Crippen molar-refractivity contribution in [2.24, 2.45) is 4.99 Å². The normalized spacial score (nSPS) is 18.0. The van der Waals surface area contributed by atoms with Crippen LogP contribution in [0.4, 0.5) is 31.0 Å². The van der Waals surface area contributed by atoms with Gasteiger partial charge in [-0.2, -0.15) is 0 Å². The van der Waals surface area contributed by atoms with Crippen LogP contribution in [0.1, 0.15) is 71.6 Å². The van der Waals surface area contributed by atoms with Crippen LogP contribution in [0.15, 0.2) is 41.7 Å². The predicted octanol–water partition coefficient (Wildman–Crippen LogP) is 6.61. The molecule has 0 bridgehead atoms. The summed E-state index contributed by atoms with van der Waals surface area (Å²) >= 11 is 0. The van der Waals surface area contributed by atoms with Gasteiger partial charge in [-0.15, -0.1) is 0 Å². The first-order valence-corrected chi connectivity index (χ1v) is 14.3. The molecule has 0 aliphatic carbocycles. The van der Waals surface area contributed by atoms with Crippen molar-refractivity contribution in [3.8, 4) is 11.3 Å². The minimum Gasteiger partial charge on any atom is -0.444 e. The van der Waals surface area contributed by atoms with Gasteiger partial charge in [0.15, 0.2) is 5.82 Å². The Morgan fingerprint density at radius 1 is 1.14 bits per heavy atom. The minimum absolute atomic E-state index is 0.0160. The van der Waals surface area contributed by atoms with Crippen molar-refractivity contribution in [2.45, 2.75) is 71.4 Å². The summed E-state index contributed by atoms with van der Waals surface area (Å²) in [6, 6.07) is 6.43. The number of fused-ring (bicyclic) bond motifs is 1. The van der Waals surface area contributed by atoms with Crippen molar-refractivity contribution < 1.29 is 18.3 Å². The van der Waals surface area contributed by atoms with E-state index in [-0.39, 0.29) is 23.8 Å². The molecule has 11 heteroatoms. The number of benzene rings is 1. The largest absolute Gasteiger partial charge is 0.444 e. The monoisotopic (exact) mass is 577 g/mol. The van der Waals surface area contributed by atoms with Crippen LogP contribution >= 0.6 is 0 Å². The van der Waals surface area contributed by atoms with Crippen LogP contribution in [0.2, 0.25) is 0 Å². The van der Waals surface area contributed by atoms with E-state index in [1.54, 1.807) is 23.2 Å². The maximum atomic E-state index is 15.2. The molecule has 5 rings (SSSR count). The lowest BCUT2D eigenvalue weighted by Crippen LogP contribution is -2.50. The van der Waals surface area contributed by atoms with Crippen molar-refractivity contribution in [3.05, 3.63) is 59.4 Å². The molecule has 0 saturated carbocycles. The summed E-state index contributed by atoms with van der Waals surface area (Å²) in [4.78, 5) is 32.0. The van der Waals surface area contributed by atoms with Gasteiger partial charge < -0.3 is 15.4 Å². The van der Waals surface area contributed by atoms with Crippen LogP contribution in [0.3, 0.4) is 0 Å². The van der Waals surface area contributed by atoms with E-state index >= 15 is 8.78 Å². The van der Waals surface area contributed by atoms with Gasteiger partial charge in [0, 0.05) is 42.5 Å². The minimum atomic E-state index is -0.663. The third kappa shape index (κ3) is 5.57. The number of ether oxygens (including phenoxy) is 1. The average Bonchev–Trinajstić information content (AvgIpc) is 3.25. The van der Waals surface area contributed by atoms with Crippen molar-refractivity contribution in [1.29, 1.82) is 0 Å². The van der Waals surface area contributed by atoms with Gasteiger partial charge in [-0.3, -0.25) is 9.89 Å². The Labute approximate surface area is 244 Å². The first-order chi connectivity index (χ1) is 20.0. The molecular formula is C31H37F2N7O2. The molecule has 0 spiro atoms. The Morgan fingerprint density at radius 3 is 2.57 bits per heavy atom. The zero-order valence-electron chi connectivity index (χ0n) is 24.9. The predicted molar refractivity (Wildman–Crippen MR) is 158 cm³/mol. The van der Waals surface area contributed by atoms with Gasteiger partial charge in [-0.25, -0.2) is 28.5 Å². The highest BCUT2D eigenvalue weighted by Gasteiger charge is 2.40. The second kappa shape index (κ2) is 11.4. The molecule has 1 aromatic carbocycles. The zero-order chi connectivity index (χ0) is 30.2. The number of amides is 1. The molecule has 1 saturated heterocycles. The third-order valence-electron chi connectivity index (χ3n) is 8.06. The Kier molecular flexibility index (Phi) is 7.98. The number of carbonyl (C=O) groups is 1. The zero-order valence-corrected chi connectivity index (χ0v) is 24.9. The van der Waals surface area contributed by atoms with Gasteiger partial charge in [0.25, 0.3) is 0 Å². The summed E-state index contributed by atoms with van der Waals surface area (Å²) in [7, 11) is 0. The lowest BCUT2D eigenvalue weighted by molar-refractivity contribution is 0.0117. The average molecular weight is 578 g/mol. The van der Waals surface area contributed by atoms with E-state index in [2.05, 4.69) is 30.6 Å². The molecular weight excluding hydrogens is 540 g/mol. The fourth-order valence-corrected chi connectivity index (χ4v) is 5.79. The fourth-order valence-electron chi connectivity index (χ4n) is 5.79. The lowest BCUT2D eigenvalue weighted by Gasteiger charge is -2.37. The molecule has 1 fully saturated rings. The number of rotatable bonds is 6. The standard InChI is InChI=1S/C31H37F2N7O2/c1-7-31(8-2)18(3)37-27-21(31)13-20(14-22(27)32)26-23(33)16-36-28(39-26)38-25-10-9-19(15-35-25)24-17-34-11-12-40(24)29(41)42-30(4,5)6/h9-10,13-16,24,34H,7-8,11-12,17H2,1-6H3,(H,35,36,38,39). The summed E-state index contributed by atoms with van der Waals surface area (Å²) in [6.07, 6.45) is 3.87. The van der Waals surface area contributed by atoms with Gasteiger partial charge >= 0.3 is 6.09 Å². The van der Waals surface area contributed by atoms with E-state index < -0.39 is 22.7 Å². The van der Waals surface area contributed by atoms with Crippen LogP contribution < -0.4 is 10.6 Å². The lowest BCUT2D eigenvalue weighted by atomic mass is 9.73. The number of nitrogens with one attached hydrogen (secondary N) is 2. The van der Waals surface area contributed by atoms with Crippen molar-refractivity contribution in [1.82, 2.24) is 25.2 Å². The summed E-state index contributed by atoms with van der Waals surface area (Å²) in [6.45, 7) is 13.3. The summed E-state index contributed by atoms with van der Waals surface area (Å²) < 4.78 is 35.8. The molecule has 2 aliphatic rings. The molecule has 1 unspecified atom stereocenters. The molecule has 9 nitrogen and oxygen atoms in total. The van der Waals surface area contributed by atoms with Crippen molar-refractivity contribution >= 4 is 29.3 Å². The summed E-state index contributed by atoms with van der Waals surface area (Å²) in [5, 5.41) is 6.33. The molecule has 42 heavy (non-hydrogen) atoms. The maximum absolute atomic E-state index is 15.2. The molecule has 4 heterocycles. The highest BCUT2D eigenvalue weighted by atomic mass is 19.1. The Balaban J connectivity index is 1.38. The molecule has 2 N–H and O–H groups in total. The van der Waals surface area contributed by atoms with E-state index in [1.807, 2.05) is 47.6 Å². The van der Waals surface area contributed by atoms with Crippen LogP contribution in [0.25, 0.3) is 11.3 Å². The van der Waals surface area contributed by atoms with Crippen molar-refractivity contribution in [3.63, 3.8) is 0 Å². The van der Waals surface area contributed by atoms with E-state index in [9.17, 15) is 4.79 Å². The molecule has 222 valence electrons. The second-order valence-corrected chi connectivity index (χ2v) is 11.7. The fraction of sp³-hybridized carbons (Fsp3) is 0.452. The van der Waals surface area contributed by atoms with Crippen molar-refractivity contribution in [2.75, 3.05) is 25.0 Å². The number of pyridine rings is 1. The smallest absolute Gasteiger partial charge is 0.410 e. The van der Waals surface area contributed by atoms with Crippen LogP contribution in [-0.4, -0.2) is 56.9 Å². The molecule has 3 aromatic rings. The molecule has 1 amide bonds. The summed E-state index contributed by atoms with van der Waals surface area (Å²) in [5.74, 6) is -0.617.